The smallest absolute Gasteiger partial charge is 0.223 e. The lowest BCUT2D eigenvalue weighted by molar-refractivity contribution is -0.127. The van der Waals surface area contributed by atoms with E-state index in [1.807, 2.05) is 0 Å². The number of likely N-dealkylation sites (tertiary alicyclic amines) is 1. The minimum atomic E-state index is -0.808. The van der Waals surface area contributed by atoms with Crippen LogP contribution >= 0.6 is 0 Å². The first-order valence-electron chi connectivity index (χ1n) is 11.6. The zero-order chi connectivity index (χ0) is 22.5. The zero-order valence-electron chi connectivity index (χ0n) is 18.9. The van der Waals surface area contributed by atoms with E-state index in [-0.39, 0.29) is 12.3 Å². The van der Waals surface area contributed by atoms with Crippen molar-refractivity contribution in [3.8, 4) is 6.07 Å². The molecule has 0 aromatic heterocycles. The fourth-order valence-electron chi connectivity index (χ4n) is 4.94. The first-order valence-corrected chi connectivity index (χ1v) is 11.6. The average Bonchev–Trinajstić information content (AvgIpc) is 2.79. The number of rotatable bonds is 7. The second-order valence-electron chi connectivity index (χ2n) is 9.95. The molecular weight excluding hydrogens is 388 g/mol. The van der Waals surface area contributed by atoms with Crippen LogP contribution in [0.4, 0.5) is 0 Å². The second-order valence-corrected chi connectivity index (χ2v) is 9.95. The van der Waals surface area contributed by atoms with Gasteiger partial charge in [-0.1, -0.05) is 50.6 Å². The molecule has 1 saturated carbocycles. The number of benzene rings is 1. The van der Waals surface area contributed by atoms with Crippen LogP contribution in [0.2, 0.25) is 0 Å². The molecule has 6 heteroatoms. The van der Waals surface area contributed by atoms with Crippen LogP contribution in [-0.4, -0.2) is 41.4 Å². The molecule has 1 saturated heterocycles. The van der Waals surface area contributed by atoms with Crippen molar-refractivity contribution in [2.45, 2.75) is 82.7 Å². The first kappa shape index (κ1) is 23.3. The molecule has 2 unspecified atom stereocenters. The lowest BCUT2D eigenvalue weighted by atomic mass is 9.79. The first-order chi connectivity index (χ1) is 14.7. The maximum absolute atomic E-state index is 12.5. The standard InChI is InChI=1S/C25H36N4O2/c1-24(2,23(27)31)12-11-22(30)28-25(18-26)13-15-29(16-14-25)21-10-6-9-20(17-21)19-7-4-3-5-8-19/h3-5,7-8,20-21H,6,9-17H2,1-2H3,(H2,27,31)(H,28,30). The Hall–Kier alpha value is -2.39. The van der Waals surface area contributed by atoms with Crippen LogP contribution < -0.4 is 11.1 Å². The van der Waals surface area contributed by atoms with E-state index < -0.39 is 16.9 Å². The predicted molar refractivity (Wildman–Crippen MR) is 121 cm³/mol. The summed E-state index contributed by atoms with van der Waals surface area (Å²) in [6, 6.07) is 13.7. The van der Waals surface area contributed by atoms with Crippen LogP contribution in [0.15, 0.2) is 30.3 Å². The molecule has 1 heterocycles. The quantitative estimate of drug-likeness (QED) is 0.700. The van der Waals surface area contributed by atoms with Gasteiger partial charge in [-0.15, -0.1) is 0 Å². The Labute approximate surface area is 186 Å². The Morgan fingerprint density at radius 3 is 2.52 bits per heavy atom. The number of hydrogen-bond acceptors (Lipinski definition) is 4. The van der Waals surface area contributed by atoms with Gasteiger partial charge in [0.15, 0.2) is 0 Å². The van der Waals surface area contributed by atoms with E-state index >= 15 is 0 Å². The van der Waals surface area contributed by atoms with Crippen molar-refractivity contribution in [3.63, 3.8) is 0 Å². The summed E-state index contributed by atoms with van der Waals surface area (Å²) in [5.41, 5.74) is 5.30. The van der Waals surface area contributed by atoms with E-state index in [2.05, 4.69) is 46.6 Å². The van der Waals surface area contributed by atoms with E-state index in [0.29, 0.717) is 31.2 Å². The maximum atomic E-state index is 12.5. The molecule has 1 aliphatic heterocycles. The van der Waals surface area contributed by atoms with Crippen molar-refractivity contribution in [1.29, 1.82) is 5.26 Å². The summed E-state index contributed by atoms with van der Waals surface area (Å²) in [5, 5.41) is 12.8. The number of primary amides is 1. The van der Waals surface area contributed by atoms with Gasteiger partial charge in [-0.2, -0.15) is 5.26 Å². The summed E-state index contributed by atoms with van der Waals surface area (Å²) in [4.78, 5) is 26.5. The van der Waals surface area contributed by atoms with Gasteiger partial charge in [-0.25, -0.2) is 0 Å². The zero-order valence-corrected chi connectivity index (χ0v) is 18.9. The van der Waals surface area contributed by atoms with Crippen molar-refractivity contribution >= 4 is 11.8 Å². The molecule has 31 heavy (non-hydrogen) atoms. The minimum absolute atomic E-state index is 0.175. The molecule has 3 rings (SSSR count). The van der Waals surface area contributed by atoms with Gasteiger partial charge in [0.2, 0.25) is 11.8 Å². The molecule has 0 bridgehead atoms. The summed E-state index contributed by atoms with van der Waals surface area (Å²) in [6.07, 6.45) is 6.71. The number of carbonyl (C=O) groups is 2. The largest absolute Gasteiger partial charge is 0.369 e. The Bertz CT molecular complexity index is 807. The molecule has 2 aliphatic rings. The molecule has 3 N–H and O–H groups in total. The SMILES string of the molecule is CC(C)(CCC(=O)NC1(C#N)CCN(C2CCCC(c3ccccc3)C2)CC1)C(N)=O. The number of nitrogens with one attached hydrogen (secondary N) is 1. The van der Waals surface area contributed by atoms with E-state index in [0.717, 1.165) is 19.5 Å². The Balaban J connectivity index is 1.52. The van der Waals surface area contributed by atoms with Crippen LogP contribution in [0.1, 0.15) is 76.7 Å². The Morgan fingerprint density at radius 2 is 1.90 bits per heavy atom. The van der Waals surface area contributed by atoms with E-state index in [4.69, 9.17) is 5.73 Å². The van der Waals surface area contributed by atoms with Crippen molar-refractivity contribution < 1.29 is 9.59 Å². The summed E-state index contributed by atoms with van der Waals surface area (Å²) in [6.45, 7) is 5.14. The minimum Gasteiger partial charge on any atom is -0.369 e. The molecular formula is C25H36N4O2. The molecule has 0 spiro atoms. The van der Waals surface area contributed by atoms with Gasteiger partial charge in [0, 0.05) is 31.0 Å². The molecule has 6 nitrogen and oxygen atoms in total. The number of hydrogen-bond donors (Lipinski definition) is 2. The molecule has 1 aromatic carbocycles. The van der Waals surface area contributed by atoms with Gasteiger partial charge in [-0.3, -0.25) is 9.59 Å². The third kappa shape index (κ3) is 5.86. The lowest BCUT2D eigenvalue weighted by Gasteiger charge is -2.44. The number of nitriles is 1. The van der Waals surface area contributed by atoms with Crippen molar-refractivity contribution in [3.05, 3.63) is 35.9 Å². The van der Waals surface area contributed by atoms with Crippen molar-refractivity contribution in [2.24, 2.45) is 11.1 Å². The highest BCUT2D eigenvalue weighted by Gasteiger charge is 2.39. The molecule has 1 aromatic rings. The van der Waals surface area contributed by atoms with Gasteiger partial charge in [0.05, 0.1) is 6.07 Å². The van der Waals surface area contributed by atoms with Crippen LogP contribution in [-0.2, 0) is 9.59 Å². The maximum Gasteiger partial charge on any atom is 0.223 e. The highest BCUT2D eigenvalue weighted by molar-refractivity contribution is 5.82. The normalized spacial score (nSPS) is 24.2. The monoisotopic (exact) mass is 424 g/mol. The third-order valence-corrected chi connectivity index (χ3v) is 7.32. The summed E-state index contributed by atoms with van der Waals surface area (Å²) >= 11 is 0. The Kier molecular flexibility index (Phi) is 7.38. The number of amides is 2. The van der Waals surface area contributed by atoms with Crippen molar-refractivity contribution in [1.82, 2.24) is 10.2 Å². The van der Waals surface area contributed by atoms with Crippen molar-refractivity contribution in [2.75, 3.05) is 13.1 Å². The average molecular weight is 425 g/mol. The van der Waals surface area contributed by atoms with Crippen LogP contribution in [0, 0.1) is 16.7 Å². The third-order valence-electron chi connectivity index (χ3n) is 7.32. The molecule has 0 radical (unpaired) electrons. The highest BCUT2D eigenvalue weighted by Crippen LogP contribution is 2.36. The van der Waals surface area contributed by atoms with Crippen LogP contribution in [0.5, 0.6) is 0 Å². The van der Waals surface area contributed by atoms with E-state index in [1.165, 1.54) is 24.8 Å². The summed E-state index contributed by atoms with van der Waals surface area (Å²) in [7, 11) is 0. The van der Waals surface area contributed by atoms with Gasteiger partial charge in [-0.05, 0) is 50.0 Å². The van der Waals surface area contributed by atoms with E-state index in [1.54, 1.807) is 13.8 Å². The van der Waals surface area contributed by atoms with Crippen LogP contribution in [0.3, 0.4) is 0 Å². The van der Waals surface area contributed by atoms with E-state index in [9.17, 15) is 14.9 Å². The van der Waals surface area contributed by atoms with Gasteiger partial charge >= 0.3 is 0 Å². The predicted octanol–water partition coefficient (Wildman–Crippen LogP) is 3.48. The highest BCUT2D eigenvalue weighted by atomic mass is 16.2. The number of piperidine rings is 1. The van der Waals surface area contributed by atoms with Crippen LogP contribution in [0.25, 0.3) is 0 Å². The molecule has 168 valence electrons. The number of nitrogens with two attached hydrogens (primary N) is 1. The number of carbonyl (C=O) groups excluding carboxylic acids is 2. The summed E-state index contributed by atoms with van der Waals surface area (Å²) < 4.78 is 0. The number of nitrogens with zero attached hydrogens (tertiary/aromatic N) is 2. The molecule has 2 amide bonds. The fourth-order valence-corrected chi connectivity index (χ4v) is 4.94. The molecule has 1 aliphatic carbocycles. The fraction of sp³-hybridized carbons (Fsp3) is 0.640. The second kappa shape index (κ2) is 9.82. The topological polar surface area (TPSA) is 99.2 Å². The lowest BCUT2D eigenvalue weighted by Crippen LogP contribution is -2.56. The summed E-state index contributed by atoms with van der Waals surface area (Å²) in [5.74, 6) is 0.0203. The van der Waals surface area contributed by atoms with Gasteiger partial charge in [0.1, 0.15) is 5.54 Å². The van der Waals surface area contributed by atoms with Gasteiger partial charge in [0.25, 0.3) is 0 Å². The Morgan fingerprint density at radius 1 is 1.23 bits per heavy atom. The molecule has 2 fully saturated rings. The van der Waals surface area contributed by atoms with Gasteiger partial charge < -0.3 is 16.0 Å². The molecule has 2 atom stereocenters.